The van der Waals surface area contributed by atoms with E-state index in [1.807, 2.05) is 0 Å². The Hall–Kier alpha value is -2.39. The van der Waals surface area contributed by atoms with Gasteiger partial charge in [0.25, 0.3) is 11.8 Å². The summed E-state index contributed by atoms with van der Waals surface area (Å²) in [6.45, 7) is -0.569. The van der Waals surface area contributed by atoms with Gasteiger partial charge in [0.15, 0.2) is 6.61 Å². The molecule has 120 valence electrons. The second-order valence-electron chi connectivity index (χ2n) is 4.31. The Balaban J connectivity index is 1.96. The molecule has 7 nitrogen and oxygen atoms in total. The molecule has 1 aromatic heterocycles. The number of nitrogens with one attached hydrogen (secondary N) is 1. The molecule has 0 aliphatic heterocycles. The van der Waals surface area contributed by atoms with Crippen LogP contribution in [0.25, 0.3) is 0 Å². The molecule has 0 aliphatic rings. The first-order valence-electron chi connectivity index (χ1n) is 6.21. The number of hydrogen-bond donors (Lipinski definition) is 3. The minimum atomic E-state index is -0.847. The summed E-state index contributed by atoms with van der Waals surface area (Å²) < 4.78 is 5.41. The van der Waals surface area contributed by atoms with Crippen LogP contribution in [0.5, 0.6) is 5.75 Å². The van der Waals surface area contributed by atoms with E-state index in [9.17, 15) is 19.5 Å². The number of ether oxygens (including phenoxy) is 1. The molecular formula is C14H11BrN2O5S. The van der Waals surface area contributed by atoms with E-state index in [-0.39, 0.29) is 21.9 Å². The minimum Gasteiger partial charge on any atom is -0.507 e. The van der Waals surface area contributed by atoms with Crippen molar-refractivity contribution in [1.29, 1.82) is 0 Å². The monoisotopic (exact) mass is 398 g/mol. The summed E-state index contributed by atoms with van der Waals surface area (Å²) in [6.07, 6.45) is 0. The van der Waals surface area contributed by atoms with E-state index in [0.717, 1.165) is 11.3 Å². The van der Waals surface area contributed by atoms with Gasteiger partial charge in [-0.05, 0) is 29.6 Å². The molecule has 0 fully saturated rings. The highest BCUT2D eigenvalue weighted by Gasteiger charge is 2.17. The highest BCUT2D eigenvalue weighted by molar-refractivity contribution is 9.10. The van der Waals surface area contributed by atoms with E-state index in [1.54, 1.807) is 11.4 Å². The third-order valence-electron chi connectivity index (χ3n) is 2.70. The lowest BCUT2D eigenvalue weighted by atomic mass is 10.2. The molecule has 0 saturated heterocycles. The van der Waals surface area contributed by atoms with Gasteiger partial charge in [0, 0.05) is 4.47 Å². The highest BCUT2D eigenvalue weighted by atomic mass is 79.9. The summed E-state index contributed by atoms with van der Waals surface area (Å²) in [5.74, 6) is -2.40. The van der Waals surface area contributed by atoms with Crippen molar-refractivity contribution in [1.82, 2.24) is 0 Å². The van der Waals surface area contributed by atoms with Crippen molar-refractivity contribution in [3.05, 3.63) is 45.2 Å². The summed E-state index contributed by atoms with van der Waals surface area (Å²) in [4.78, 5) is 34.8. The molecule has 0 aliphatic carbocycles. The third-order valence-corrected chi connectivity index (χ3v) is 4.02. The Morgan fingerprint density at radius 2 is 2.00 bits per heavy atom. The van der Waals surface area contributed by atoms with Gasteiger partial charge in [-0.1, -0.05) is 15.9 Å². The van der Waals surface area contributed by atoms with Gasteiger partial charge >= 0.3 is 5.97 Å². The molecule has 0 bridgehead atoms. The summed E-state index contributed by atoms with van der Waals surface area (Å²) in [6, 6.07) is 5.74. The fourth-order valence-electron chi connectivity index (χ4n) is 1.64. The van der Waals surface area contributed by atoms with Crippen LogP contribution in [0.2, 0.25) is 0 Å². The summed E-state index contributed by atoms with van der Waals surface area (Å²) in [5.41, 5.74) is 5.27. The number of carbonyl (C=O) groups excluding carboxylic acids is 3. The summed E-state index contributed by atoms with van der Waals surface area (Å²) in [5, 5.41) is 13.9. The van der Waals surface area contributed by atoms with Crippen molar-refractivity contribution < 1.29 is 24.2 Å². The van der Waals surface area contributed by atoms with Gasteiger partial charge in [-0.2, -0.15) is 0 Å². The van der Waals surface area contributed by atoms with Crippen LogP contribution in [0.1, 0.15) is 20.7 Å². The van der Waals surface area contributed by atoms with E-state index in [2.05, 4.69) is 21.2 Å². The maximum Gasteiger partial charge on any atom is 0.342 e. The van der Waals surface area contributed by atoms with Crippen molar-refractivity contribution in [2.75, 3.05) is 11.9 Å². The van der Waals surface area contributed by atoms with Crippen LogP contribution in [-0.4, -0.2) is 29.5 Å². The third kappa shape index (κ3) is 4.30. The predicted molar refractivity (Wildman–Crippen MR) is 87.6 cm³/mol. The number of phenolic OH excluding ortho intramolecular Hbond substituents is 1. The van der Waals surface area contributed by atoms with Crippen LogP contribution < -0.4 is 11.1 Å². The Bertz CT molecular complexity index is 774. The average Bonchev–Trinajstić information content (AvgIpc) is 2.95. The van der Waals surface area contributed by atoms with Crippen LogP contribution in [-0.2, 0) is 9.53 Å². The first-order valence-corrected chi connectivity index (χ1v) is 7.88. The van der Waals surface area contributed by atoms with Crippen LogP contribution >= 0.6 is 27.3 Å². The molecule has 9 heteroatoms. The molecule has 0 spiro atoms. The lowest BCUT2D eigenvalue weighted by Gasteiger charge is -2.07. The number of benzene rings is 1. The number of halogens is 1. The van der Waals surface area contributed by atoms with Crippen molar-refractivity contribution in [2.45, 2.75) is 0 Å². The molecule has 2 aromatic rings. The number of esters is 1. The zero-order valence-electron chi connectivity index (χ0n) is 11.5. The standard InChI is InChI=1S/C14H11BrN2O5S/c15-7-1-2-10(18)9(5-7)14(21)22-6-11(19)17-13-8(12(16)20)3-4-23-13/h1-5,18H,6H2,(H2,16,20)(H,17,19). The van der Waals surface area contributed by atoms with Gasteiger partial charge in [-0.25, -0.2) is 4.79 Å². The smallest absolute Gasteiger partial charge is 0.342 e. The van der Waals surface area contributed by atoms with Gasteiger partial charge in [-0.15, -0.1) is 11.3 Å². The second kappa shape index (κ2) is 7.25. The van der Waals surface area contributed by atoms with Crippen LogP contribution in [0.15, 0.2) is 34.1 Å². The highest BCUT2D eigenvalue weighted by Crippen LogP contribution is 2.24. The Morgan fingerprint density at radius 1 is 1.26 bits per heavy atom. The van der Waals surface area contributed by atoms with Gasteiger partial charge in [0.05, 0.1) is 5.56 Å². The Labute approximate surface area is 143 Å². The topological polar surface area (TPSA) is 119 Å². The van der Waals surface area contributed by atoms with Crippen LogP contribution in [0, 0.1) is 0 Å². The van der Waals surface area contributed by atoms with E-state index in [1.165, 1.54) is 18.2 Å². The summed E-state index contributed by atoms with van der Waals surface area (Å²) >= 11 is 4.29. The quantitative estimate of drug-likeness (QED) is 0.666. The number of thiophene rings is 1. The van der Waals surface area contributed by atoms with Crippen molar-refractivity contribution in [2.24, 2.45) is 5.73 Å². The first kappa shape index (κ1) is 17.0. The number of aromatic hydroxyl groups is 1. The molecule has 2 rings (SSSR count). The Kier molecular flexibility index (Phi) is 5.35. The molecule has 23 heavy (non-hydrogen) atoms. The van der Waals surface area contributed by atoms with Gasteiger partial charge < -0.3 is 20.9 Å². The minimum absolute atomic E-state index is 0.0684. The normalized spacial score (nSPS) is 10.1. The summed E-state index contributed by atoms with van der Waals surface area (Å²) in [7, 11) is 0. The van der Waals surface area contributed by atoms with Crippen molar-refractivity contribution in [3.63, 3.8) is 0 Å². The number of amides is 2. The lowest BCUT2D eigenvalue weighted by molar-refractivity contribution is -0.119. The van der Waals surface area contributed by atoms with Gasteiger partial charge in [0.2, 0.25) is 0 Å². The van der Waals surface area contributed by atoms with Crippen molar-refractivity contribution >= 4 is 50.1 Å². The molecular weight excluding hydrogens is 388 g/mol. The van der Waals surface area contributed by atoms with Crippen LogP contribution in [0.3, 0.4) is 0 Å². The molecule has 0 radical (unpaired) electrons. The van der Waals surface area contributed by atoms with E-state index < -0.39 is 24.4 Å². The molecule has 0 saturated carbocycles. The molecule has 1 aromatic carbocycles. The van der Waals surface area contributed by atoms with Crippen molar-refractivity contribution in [3.8, 4) is 5.75 Å². The fraction of sp³-hybridized carbons (Fsp3) is 0.0714. The lowest BCUT2D eigenvalue weighted by Crippen LogP contribution is -2.22. The molecule has 0 unspecified atom stereocenters. The average molecular weight is 399 g/mol. The van der Waals surface area contributed by atoms with E-state index in [4.69, 9.17) is 10.5 Å². The first-order chi connectivity index (χ1) is 10.9. The number of nitrogens with two attached hydrogens (primary N) is 1. The zero-order valence-corrected chi connectivity index (χ0v) is 13.9. The second-order valence-corrected chi connectivity index (χ2v) is 6.15. The molecule has 0 atom stereocenters. The number of anilines is 1. The number of hydrogen-bond acceptors (Lipinski definition) is 6. The van der Waals surface area contributed by atoms with Gasteiger partial charge in [0.1, 0.15) is 16.3 Å². The molecule has 4 N–H and O–H groups in total. The maximum absolute atomic E-state index is 11.8. The SMILES string of the molecule is NC(=O)c1ccsc1NC(=O)COC(=O)c1cc(Br)ccc1O. The molecule has 1 heterocycles. The number of carbonyl (C=O) groups is 3. The zero-order chi connectivity index (χ0) is 17.0. The number of rotatable bonds is 5. The van der Waals surface area contributed by atoms with E-state index >= 15 is 0 Å². The van der Waals surface area contributed by atoms with Gasteiger partial charge in [-0.3, -0.25) is 9.59 Å². The maximum atomic E-state index is 11.8. The number of phenols is 1. The Morgan fingerprint density at radius 3 is 2.70 bits per heavy atom. The molecule has 2 amide bonds. The fourth-order valence-corrected chi connectivity index (χ4v) is 2.81. The van der Waals surface area contributed by atoms with E-state index in [0.29, 0.717) is 4.47 Å². The largest absolute Gasteiger partial charge is 0.507 e. The number of primary amides is 1. The predicted octanol–water partition coefficient (Wildman–Crippen LogP) is 2.11. The van der Waals surface area contributed by atoms with Crippen LogP contribution in [0.4, 0.5) is 5.00 Å².